The van der Waals surface area contributed by atoms with Gasteiger partial charge in [0.25, 0.3) is 5.91 Å². The van der Waals surface area contributed by atoms with Crippen molar-refractivity contribution in [2.45, 2.75) is 13.8 Å². The lowest BCUT2D eigenvalue weighted by molar-refractivity contribution is 0.101. The lowest BCUT2D eigenvalue weighted by atomic mass is 10.2. The standard InChI is InChI=1S/C22H17N5O2/c1-14-10-19(27-21(24-14)11-15(2)26-27)22(28)25-17-8-9-20(16(12-17)13-23)29-18-6-4-3-5-7-18/h3-12H,1-2H3,(H,25,28). The van der Waals surface area contributed by atoms with E-state index in [1.54, 1.807) is 36.4 Å². The first kappa shape index (κ1) is 18.2. The summed E-state index contributed by atoms with van der Waals surface area (Å²) in [5.74, 6) is 0.704. The number of carbonyl (C=O) groups is 1. The van der Waals surface area contributed by atoms with Crippen molar-refractivity contribution in [1.82, 2.24) is 14.6 Å². The number of fused-ring (bicyclic) bond motifs is 1. The number of nitrogens with one attached hydrogen (secondary N) is 1. The number of benzene rings is 2. The molecule has 7 heteroatoms. The van der Waals surface area contributed by atoms with E-state index in [0.29, 0.717) is 39.8 Å². The minimum absolute atomic E-state index is 0.317. The fourth-order valence-electron chi connectivity index (χ4n) is 2.97. The van der Waals surface area contributed by atoms with E-state index in [1.807, 2.05) is 38.1 Å². The SMILES string of the molecule is Cc1cc(C(=O)Nc2ccc(Oc3ccccc3)c(C#N)c2)n2nc(C)cc2n1. The molecule has 0 aliphatic heterocycles. The van der Waals surface area contributed by atoms with Crippen molar-refractivity contribution in [2.75, 3.05) is 5.32 Å². The van der Waals surface area contributed by atoms with Crippen LogP contribution in [-0.4, -0.2) is 20.5 Å². The minimum atomic E-state index is -0.343. The lowest BCUT2D eigenvalue weighted by Crippen LogP contribution is -2.17. The Bertz CT molecular complexity index is 1260. The topological polar surface area (TPSA) is 92.3 Å². The molecule has 2 aromatic heterocycles. The largest absolute Gasteiger partial charge is 0.456 e. The van der Waals surface area contributed by atoms with Gasteiger partial charge in [-0.25, -0.2) is 9.50 Å². The molecular weight excluding hydrogens is 366 g/mol. The van der Waals surface area contributed by atoms with Gasteiger partial charge in [0.15, 0.2) is 5.65 Å². The lowest BCUT2D eigenvalue weighted by Gasteiger charge is -2.11. The highest BCUT2D eigenvalue weighted by Gasteiger charge is 2.15. The molecule has 0 bridgehead atoms. The molecule has 0 spiro atoms. The summed E-state index contributed by atoms with van der Waals surface area (Å²) in [6.45, 7) is 3.67. The van der Waals surface area contributed by atoms with Gasteiger partial charge >= 0.3 is 0 Å². The van der Waals surface area contributed by atoms with E-state index in [0.717, 1.165) is 5.69 Å². The summed E-state index contributed by atoms with van der Waals surface area (Å²) in [7, 11) is 0. The maximum atomic E-state index is 12.9. The Balaban J connectivity index is 1.62. The zero-order valence-corrected chi connectivity index (χ0v) is 15.9. The van der Waals surface area contributed by atoms with Crippen molar-refractivity contribution in [1.29, 1.82) is 5.26 Å². The van der Waals surface area contributed by atoms with Crippen LogP contribution in [0.2, 0.25) is 0 Å². The average molecular weight is 383 g/mol. The summed E-state index contributed by atoms with van der Waals surface area (Å²) < 4.78 is 7.27. The predicted octanol–water partition coefficient (Wildman–Crippen LogP) is 4.26. The molecule has 0 radical (unpaired) electrons. The van der Waals surface area contributed by atoms with Gasteiger partial charge in [0, 0.05) is 17.4 Å². The quantitative estimate of drug-likeness (QED) is 0.568. The van der Waals surface area contributed by atoms with Crippen molar-refractivity contribution in [3.8, 4) is 17.6 Å². The summed E-state index contributed by atoms with van der Waals surface area (Å²) in [6, 6.07) is 19.7. The molecule has 1 amide bonds. The van der Waals surface area contributed by atoms with Crippen LogP contribution < -0.4 is 10.1 Å². The van der Waals surface area contributed by atoms with Gasteiger partial charge in [0.05, 0.1) is 11.3 Å². The number of anilines is 1. The van der Waals surface area contributed by atoms with Gasteiger partial charge in [-0.3, -0.25) is 4.79 Å². The number of hydrogen-bond acceptors (Lipinski definition) is 5. The molecule has 142 valence electrons. The van der Waals surface area contributed by atoms with Crippen LogP contribution in [0.4, 0.5) is 5.69 Å². The van der Waals surface area contributed by atoms with E-state index < -0.39 is 0 Å². The van der Waals surface area contributed by atoms with Gasteiger partial charge < -0.3 is 10.1 Å². The van der Waals surface area contributed by atoms with E-state index >= 15 is 0 Å². The van der Waals surface area contributed by atoms with Crippen molar-refractivity contribution < 1.29 is 9.53 Å². The van der Waals surface area contributed by atoms with Crippen LogP contribution in [0.1, 0.15) is 27.4 Å². The Kier molecular flexibility index (Phi) is 4.67. The van der Waals surface area contributed by atoms with Crippen LogP contribution in [0.5, 0.6) is 11.5 Å². The number of nitrogens with zero attached hydrogens (tertiary/aromatic N) is 4. The monoisotopic (exact) mass is 383 g/mol. The molecule has 0 saturated heterocycles. The molecule has 0 aliphatic rings. The number of rotatable bonds is 4. The smallest absolute Gasteiger partial charge is 0.274 e. The second-order valence-corrected chi connectivity index (χ2v) is 6.53. The molecule has 1 N–H and O–H groups in total. The second-order valence-electron chi connectivity index (χ2n) is 6.53. The van der Waals surface area contributed by atoms with Crippen molar-refractivity contribution in [2.24, 2.45) is 0 Å². The van der Waals surface area contributed by atoms with Gasteiger partial charge in [0.2, 0.25) is 0 Å². The Morgan fingerprint density at radius 1 is 1.07 bits per heavy atom. The maximum absolute atomic E-state index is 12.9. The number of aryl methyl sites for hydroxylation is 2. The average Bonchev–Trinajstić information content (AvgIpc) is 3.09. The molecule has 2 heterocycles. The fourth-order valence-corrected chi connectivity index (χ4v) is 2.97. The molecule has 0 aliphatic carbocycles. The van der Waals surface area contributed by atoms with Crippen molar-refractivity contribution >= 4 is 17.2 Å². The first-order valence-corrected chi connectivity index (χ1v) is 8.96. The number of nitriles is 1. The van der Waals surface area contributed by atoms with Crippen LogP contribution in [0.3, 0.4) is 0 Å². The summed E-state index contributed by atoms with van der Waals surface area (Å²) in [6.07, 6.45) is 0. The molecule has 29 heavy (non-hydrogen) atoms. The van der Waals surface area contributed by atoms with Gasteiger partial charge in [-0.2, -0.15) is 10.4 Å². The predicted molar refractivity (Wildman–Crippen MR) is 108 cm³/mol. The van der Waals surface area contributed by atoms with Crippen LogP contribution in [0.25, 0.3) is 5.65 Å². The molecule has 0 fully saturated rings. The van der Waals surface area contributed by atoms with E-state index in [1.165, 1.54) is 4.52 Å². The minimum Gasteiger partial charge on any atom is -0.456 e. The first-order chi connectivity index (χ1) is 14.0. The second kappa shape index (κ2) is 7.44. The number of carbonyl (C=O) groups excluding carboxylic acids is 1. The van der Waals surface area contributed by atoms with Crippen LogP contribution in [0.15, 0.2) is 60.7 Å². The third-order valence-corrected chi connectivity index (χ3v) is 4.24. The highest BCUT2D eigenvalue weighted by Crippen LogP contribution is 2.27. The Labute approximate surface area is 167 Å². The molecule has 4 rings (SSSR count). The van der Waals surface area contributed by atoms with E-state index in [4.69, 9.17) is 4.74 Å². The first-order valence-electron chi connectivity index (χ1n) is 8.96. The number of para-hydroxylation sites is 1. The molecule has 7 nitrogen and oxygen atoms in total. The highest BCUT2D eigenvalue weighted by molar-refractivity contribution is 6.03. The Hall–Kier alpha value is -4.18. The Morgan fingerprint density at radius 3 is 2.62 bits per heavy atom. The zero-order chi connectivity index (χ0) is 20.4. The van der Waals surface area contributed by atoms with E-state index in [2.05, 4.69) is 21.5 Å². The Morgan fingerprint density at radius 2 is 1.86 bits per heavy atom. The molecule has 2 aromatic carbocycles. The molecular formula is C22H17N5O2. The van der Waals surface area contributed by atoms with Crippen molar-refractivity contribution in [3.05, 3.63) is 83.3 Å². The molecule has 0 unspecified atom stereocenters. The van der Waals surface area contributed by atoms with Gasteiger partial charge in [-0.15, -0.1) is 0 Å². The normalized spacial score (nSPS) is 10.5. The van der Waals surface area contributed by atoms with Gasteiger partial charge in [0.1, 0.15) is 23.3 Å². The fraction of sp³-hybridized carbons (Fsp3) is 0.0909. The number of ether oxygens (including phenoxy) is 1. The van der Waals surface area contributed by atoms with Crippen LogP contribution in [0, 0.1) is 25.2 Å². The number of hydrogen-bond donors (Lipinski definition) is 1. The third-order valence-electron chi connectivity index (χ3n) is 4.24. The molecule has 4 aromatic rings. The van der Waals surface area contributed by atoms with E-state index in [-0.39, 0.29) is 5.91 Å². The van der Waals surface area contributed by atoms with Crippen LogP contribution in [-0.2, 0) is 0 Å². The summed E-state index contributed by atoms with van der Waals surface area (Å²) in [5.41, 5.74) is 3.26. The maximum Gasteiger partial charge on any atom is 0.274 e. The summed E-state index contributed by atoms with van der Waals surface area (Å²) in [4.78, 5) is 17.2. The number of amides is 1. The van der Waals surface area contributed by atoms with Crippen LogP contribution >= 0.6 is 0 Å². The van der Waals surface area contributed by atoms with Crippen molar-refractivity contribution in [3.63, 3.8) is 0 Å². The van der Waals surface area contributed by atoms with Gasteiger partial charge in [-0.05, 0) is 50.2 Å². The van der Waals surface area contributed by atoms with Gasteiger partial charge in [-0.1, -0.05) is 18.2 Å². The molecule has 0 saturated carbocycles. The summed E-state index contributed by atoms with van der Waals surface area (Å²) in [5, 5.41) is 16.6. The van der Waals surface area contributed by atoms with E-state index in [9.17, 15) is 10.1 Å². The highest BCUT2D eigenvalue weighted by atomic mass is 16.5. The number of aromatic nitrogens is 3. The zero-order valence-electron chi connectivity index (χ0n) is 15.9. The molecule has 0 atom stereocenters. The third kappa shape index (κ3) is 3.77. The summed E-state index contributed by atoms with van der Waals surface area (Å²) >= 11 is 0.